The molecule has 1 aromatic heterocycles. The summed E-state index contributed by atoms with van der Waals surface area (Å²) in [6.07, 6.45) is 1.33. The Bertz CT molecular complexity index is 1230. The van der Waals surface area contributed by atoms with Crippen molar-refractivity contribution in [3.8, 4) is 11.3 Å². The number of nitrogens with zero attached hydrogens (tertiary/aromatic N) is 1. The van der Waals surface area contributed by atoms with E-state index in [9.17, 15) is 14.3 Å². The van der Waals surface area contributed by atoms with Gasteiger partial charge in [-0.2, -0.15) is 0 Å². The largest absolute Gasteiger partial charge is 0.512 e. The van der Waals surface area contributed by atoms with Crippen LogP contribution in [0.4, 0.5) is 4.39 Å². The molecular weight excluding hydrogens is 618 g/mol. The Morgan fingerprint density at radius 2 is 1.49 bits per heavy atom. The summed E-state index contributed by atoms with van der Waals surface area (Å²) >= 11 is 0. The monoisotopic (exact) mass is 655 g/mol. The Morgan fingerprint density at radius 1 is 0.914 bits per heavy atom. The molecule has 5 heteroatoms. The van der Waals surface area contributed by atoms with E-state index in [-0.39, 0.29) is 42.9 Å². The van der Waals surface area contributed by atoms with Crippen molar-refractivity contribution in [3.05, 3.63) is 76.3 Å². The predicted molar refractivity (Wildman–Crippen MR) is 140 cm³/mol. The summed E-state index contributed by atoms with van der Waals surface area (Å²) in [5.41, 5.74) is 5.75. The molecule has 0 aliphatic rings. The third-order valence-corrected chi connectivity index (χ3v) is 5.46. The van der Waals surface area contributed by atoms with Crippen LogP contribution in [0.3, 0.4) is 0 Å². The number of fused-ring (bicyclic) bond motifs is 1. The Hall–Kier alpha value is -2.36. The predicted octanol–water partition coefficient (Wildman–Crippen LogP) is 8.16. The number of rotatable bonds is 2. The second-order valence-electron chi connectivity index (χ2n) is 11.1. The maximum absolute atomic E-state index is 13.8. The zero-order valence-electron chi connectivity index (χ0n) is 22.5. The fourth-order valence-electron chi connectivity index (χ4n) is 3.27. The molecule has 0 atom stereocenters. The zero-order valence-corrected chi connectivity index (χ0v) is 24.9. The molecule has 2 aromatic carbocycles. The average molecular weight is 655 g/mol. The number of hydrogen-bond donors (Lipinski definition) is 1. The number of ketones is 1. The summed E-state index contributed by atoms with van der Waals surface area (Å²) in [6.45, 7) is 19.0. The van der Waals surface area contributed by atoms with E-state index in [1.807, 2.05) is 61.5 Å². The standard InChI is InChI=1S/C19H17FN.C11H20O2.Ir/c1-11-5-12(2)7-16(6-11)19-14(4)9-15-8-13(3)17(20)10-18(15)21-19;1-10(2,3)8(12)7-9(13)11(4,5)6;/h5-6,8-10H,1-4H3;7,12H,1-6H3;/q-1;;. The molecule has 0 unspecified atom stereocenters. The number of aryl methyl sites for hydroxylation is 4. The van der Waals surface area contributed by atoms with E-state index in [0.717, 1.165) is 27.8 Å². The molecule has 0 bridgehead atoms. The van der Waals surface area contributed by atoms with Crippen molar-refractivity contribution in [2.75, 3.05) is 0 Å². The van der Waals surface area contributed by atoms with Gasteiger partial charge in [0.15, 0.2) is 5.78 Å². The van der Waals surface area contributed by atoms with E-state index < -0.39 is 5.41 Å². The summed E-state index contributed by atoms with van der Waals surface area (Å²) in [6, 6.07) is 12.9. The number of aliphatic hydroxyl groups excluding tert-OH is 1. The van der Waals surface area contributed by atoms with E-state index >= 15 is 0 Å². The minimum Gasteiger partial charge on any atom is -0.512 e. The van der Waals surface area contributed by atoms with Gasteiger partial charge in [-0.25, -0.2) is 4.39 Å². The second-order valence-corrected chi connectivity index (χ2v) is 11.1. The van der Waals surface area contributed by atoms with Crippen molar-refractivity contribution in [2.24, 2.45) is 10.8 Å². The zero-order chi connectivity index (χ0) is 26.0. The van der Waals surface area contributed by atoms with Crippen molar-refractivity contribution in [2.45, 2.75) is 69.2 Å². The van der Waals surface area contributed by atoms with Gasteiger partial charge < -0.3 is 5.11 Å². The molecule has 0 saturated heterocycles. The molecule has 3 nitrogen and oxygen atoms in total. The van der Waals surface area contributed by atoms with Crippen LogP contribution >= 0.6 is 0 Å². The van der Waals surface area contributed by atoms with Gasteiger partial charge in [-0.15, -0.1) is 34.9 Å². The third kappa shape index (κ3) is 8.37. The number of carbonyl (C=O) groups excluding carboxylic acids is 1. The van der Waals surface area contributed by atoms with Gasteiger partial charge in [-0.1, -0.05) is 67.0 Å². The summed E-state index contributed by atoms with van der Waals surface area (Å²) in [5, 5.41) is 10.5. The molecule has 0 fully saturated rings. The number of pyridine rings is 1. The molecule has 1 heterocycles. The van der Waals surface area contributed by atoms with Crippen molar-refractivity contribution in [3.63, 3.8) is 0 Å². The Morgan fingerprint density at radius 3 is 2.00 bits per heavy atom. The smallest absolute Gasteiger partial charge is 0.164 e. The number of benzene rings is 2. The van der Waals surface area contributed by atoms with Gasteiger partial charge in [0.1, 0.15) is 11.6 Å². The van der Waals surface area contributed by atoms with E-state index in [2.05, 4.69) is 36.2 Å². The number of carbonyl (C=O) groups is 1. The fourth-order valence-corrected chi connectivity index (χ4v) is 3.27. The normalized spacial score (nSPS) is 12.0. The van der Waals surface area contributed by atoms with Crippen LogP contribution in [0.15, 0.2) is 42.2 Å². The van der Waals surface area contributed by atoms with Crippen molar-refractivity contribution in [1.82, 2.24) is 4.98 Å². The Kier molecular flexibility index (Phi) is 10.1. The molecular formula is C30H37FIrNO2-. The SMILES string of the molecule is CC(C)(C)C(=O)C=C(O)C(C)(C)C.Cc1[c-]c(-c2nc3cc(F)c(C)cc3cc2C)cc(C)c1.[Ir]. The minimum absolute atomic E-state index is 0. The number of hydrogen-bond acceptors (Lipinski definition) is 3. The van der Waals surface area contributed by atoms with Crippen molar-refractivity contribution in [1.29, 1.82) is 0 Å². The molecule has 191 valence electrons. The molecule has 0 aliphatic carbocycles. The quantitative estimate of drug-likeness (QED) is 0.172. The van der Waals surface area contributed by atoms with E-state index in [0.29, 0.717) is 11.1 Å². The topological polar surface area (TPSA) is 50.2 Å². The van der Waals surface area contributed by atoms with E-state index in [1.165, 1.54) is 17.7 Å². The minimum atomic E-state index is -0.417. The van der Waals surface area contributed by atoms with Gasteiger partial charge in [0, 0.05) is 37.0 Å². The van der Waals surface area contributed by atoms with Gasteiger partial charge >= 0.3 is 0 Å². The van der Waals surface area contributed by atoms with Gasteiger partial charge in [0.25, 0.3) is 0 Å². The molecule has 3 aromatic rings. The summed E-state index contributed by atoms with van der Waals surface area (Å²) in [4.78, 5) is 16.1. The molecule has 1 radical (unpaired) electrons. The second kappa shape index (κ2) is 11.6. The third-order valence-electron chi connectivity index (χ3n) is 5.46. The van der Waals surface area contributed by atoms with Crippen LogP contribution in [0.5, 0.6) is 0 Å². The van der Waals surface area contributed by atoms with Gasteiger partial charge in [-0.3, -0.25) is 9.78 Å². The summed E-state index contributed by atoms with van der Waals surface area (Å²) < 4.78 is 13.8. The first kappa shape index (κ1) is 30.7. The van der Waals surface area contributed by atoms with Crippen LogP contribution in [0, 0.1) is 50.4 Å². The van der Waals surface area contributed by atoms with Crippen molar-refractivity contribution < 1.29 is 34.4 Å². The number of halogens is 1. The molecule has 0 saturated carbocycles. The first-order valence-electron chi connectivity index (χ1n) is 11.5. The average Bonchev–Trinajstić information content (AvgIpc) is 2.67. The van der Waals surface area contributed by atoms with Gasteiger partial charge in [0.2, 0.25) is 0 Å². The first-order chi connectivity index (χ1) is 15.5. The summed E-state index contributed by atoms with van der Waals surface area (Å²) in [7, 11) is 0. The van der Waals surface area contributed by atoms with Crippen LogP contribution in [0.1, 0.15) is 63.8 Å². The van der Waals surface area contributed by atoms with Crippen LogP contribution in [-0.4, -0.2) is 15.9 Å². The molecule has 1 N–H and O–H groups in total. The Balaban J connectivity index is 0.000000383. The van der Waals surface area contributed by atoms with E-state index in [4.69, 9.17) is 0 Å². The van der Waals surface area contributed by atoms with Gasteiger partial charge in [-0.05, 0) is 42.6 Å². The number of aromatic nitrogens is 1. The fraction of sp³-hybridized carbons (Fsp3) is 0.400. The summed E-state index contributed by atoms with van der Waals surface area (Å²) in [5.74, 6) is -0.110. The van der Waals surface area contributed by atoms with Crippen LogP contribution < -0.4 is 0 Å². The maximum atomic E-state index is 13.8. The molecule has 0 amide bonds. The molecule has 0 aliphatic heterocycles. The number of allylic oxidation sites excluding steroid dienone is 2. The van der Waals surface area contributed by atoms with Crippen molar-refractivity contribution >= 4 is 16.7 Å². The maximum Gasteiger partial charge on any atom is 0.164 e. The molecule has 0 spiro atoms. The van der Waals surface area contributed by atoms with E-state index in [1.54, 1.807) is 6.92 Å². The van der Waals surface area contributed by atoms with Crippen LogP contribution in [-0.2, 0) is 24.9 Å². The Labute approximate surface area is 223 Å². The molecule has 3 rings (SSSR count). The van der Waals surface area contributed by atoms with Crippen LogP contribution in [0.25, 0.3) is 22.2 Å². The molecule has 35 heavy (non-hydrogen) atoms. The first-order valence-corrected chi connectivity index (χ1v) is 11.5. The van der Waals surface area contributed by atoms with Gasteiger partial charge in [0.05, 0.1) is 5.52 Å². The van der Waals surface area contributed by atoms with Crippen LogP contribution in [0.2, 0.25) is 0 Å². The number of aliphatic hydroxyl groups is 1.